The van der Waals surface area contributed by atoms with Gasteiger partial charge in [-0.2, -0.15) is 4.37 Å². The molecule has 0 radical (unpaired) electrons. The molecule has 0 N–H and O–H groups in total. The molecular formula is C11H8ClNOS. The number of aromatic nitrogens is 1. The number of carbonyl (C=O) groups is 1. The Morgan fingerprint density at radius 2 is 2.00 bits per heavy atom. The minimum Gasteiger partial charge on any atom is -0.288 e. The summed E-state index contributed by atoms with van der Waals surface area (Å²) >= 11 is 6.97. The van der Waals surface area contributed by atoms with E-state index in [4.69, 9.17) is 11.6 Å². The molecule has 0 fully saturated rings. The summed E-state index contributed by atoms with van der Waals surface area (Å²) < 4.78 is 4.08. The Balaban J connectivity index is 2.32. The van der Waals surface area contributed by atoms with Crippen LogP contribution < -0.4 is 0 Å². The molecule has 0 saturated heterocycles. The molecule has 0 aliphatic carbocycles. The Labute approximate surface area is 96.7 Å². The smallest absolute Gasteiger partial charge is 0.204 e. The van der Waals surface area contributed by atoms with Gasteiger partial charge in [0, 0.05) is 10.6 Å². The number of carbonyl (C=O) groups excluding carboxylic acids is 1. The van der Waals surface area contributed by atoms with Crippen LogP contribution in [0, 0.1) is 6.92 Å². The maximum absolute atomic E-state index is 11.9. The van der Waals surface area contributed by atoms with Crippen molar-refractivity contribution in [1.82, 2.24) is 4.37 Å². The molecule has 1 aromatic heterocycles. The van der Waals surface area contributed by atoms with Crippen LogP contribution in [0.15, 0.2) is 30.3 Å². The van der Waals surface area contributed by atoms with Gasteiger partial charge in [0.25, 0.3) is 0 Å². The summed E-state index contributed by atoms with van der Waals surface area (Å²) in [5, 5.41) is 0.632. The summed E-state index contributed by atoms with van der Waals surface area (Å²) in [6.45, 7) is 1.87. The molecule has 0 amide bonds. The molecule has 15 heavy (non-hydrogen) atoms. The zero-order valence-electron chi connectivity index (χ0n) is 8.03. The molecule has 0 aliphatic heterocycles. The summed E-state index contributed by atoms with van der Waals surface area (Å²) in [5.41, 5.74) is 1.51. The van der Waals surface area contributed by atoms with Crippen molar-refractivity contribution in [3.8, 4) is 0 Å². The fourth-order valence-corrected chi connectivity index (χ4v) is 2.06. The van der Waals surface area contributed by atoms with Gasteiger partial charge in [-0.3, -0.25) is 4.79 Å². The molecule has 0 atom stereocenters. The molecule has 2 rings (SSSR count). The Morgan fingerprint density at radius 3 is 2.53 bits per heavy atom. The van der Waals surface area contributed by atoms with Gasteiger partial charge in [0.15, 0.2) is 0 Å². The molecule has 1 aromatic carbocycles. The zero-order valence-corrected chi connectivity index (χ0v) is 9.60. The first-order chi connectivity index (χ1) is 7.16. The van der Waals surface area contributed by atoms with Gasteiger partial charge >= 0.3 is 0 Å². The zero-order chi connectivity index (χ0) is 10.8. The lowest BCUT2D eigenvalue weighted by Gasteiger charge is -1.96. The van der Waals surface area contributed by atoms with Crippen molar-refractivity contribution >= 4 is 28.9 Å². The van der Waals surface area contributed by atoms with Crippen LogP contribution in [0.5, 0.6) is 0 Å². The number of hydrogen-bond donors (Lipinski definition) is 0. The van der Waals surface area contributed by atoms with E-state index < -0.39 is 0 Å². The van der Waals surface area contributed by atoms with E-state index in [1.165, 1.54) is 11.5 Å². The van der Waals surface area contributed by atoms with Crippen molar-refractivity contribution in [3.05, 3.63) is 51.5 Å². The molecule has 0 saturated carbocycles. The largest absolute Gasteiger partial charge is 0.288 e. The monoisotopic (exact) mass is 237 g/mol. The molecule has 0 aliphatic rings. The Kier molecular flexibility index (Phi) is 2.84. The molecule has 4 heteroatoms. The van der Waals surface area contributed by atoms with Gasteiger partial charge in [0.2, 0.25) is 5.78 Å². The van der Waals surface area contributed by atoms with Crippen LogP contribution >= 0.6 is 23.1 Å². The third-order valence-electron chi connectivity index (χ3n) is 1.96. The number of hydrogen-bond acceptors (Lipinski definition) is 3. The second-order valence-corrected chi connectivity index (χ2v) is 4.41. The predicted molar refractivity (Wildman–Crippen MR) is 61.7 cm³/mol. The van der Waals surface area contributed by atoms with E-state index in [2.05, 4.69) is 4.37 Å². The molecule has 2 nitrogen and oxygen atoms in total. The molecule has 0 bridgehead atoms. The highest BCUT2D eigenvalue weighted by Crippen LogP contribution is 2.17. The van der Waals surface area contributed by atoms with E-state index in [1.807, 2.05) is 6.92 Å². The van der Waals surface area contributed by atoms with Crippen molar-refractivity contribution in [2.24, 2.45) is 0 Å². The maximum Gasteiger partial charge on any atom is 0.204 e. The lowest BCUT2D eigenvalue weighted by molar-refractivity contribution is 0.104. The van der Waals surface area contributed by atoms with Crippen LogP contribution in [-0.2, 0) is 0 Å². The Morgan fingerprint density at radius 1 is 1.33 bits per heavy atom. The number of nitrogens with zero attached hydrogens (tertiary/aromatic N) is 1. The van der Waals surface area contributed by atoms with Gasteiger partial charge in [0.05, 0.1) is 10.6 Å². The molecule has 1 heterocycles. The quantitative estimate of drug-likeness (QED) is 0.750. The van der Waals surface area contributed by atoms with Crippen LogP contribution in [0.2, 0.25) is 5.02 Å². The Bertz CT molecular complexity index is 490. The SMILES string of the molecule is Cc1cc(C(=O)c2ccc(Cl)cc2)sn1. The van der Waals surface area contributed by atoms with Crippen LogP contribution in [0.3, 0.4) is 0 Å². The number of ketones is 1. The highest BCUT2D eigenvalue weighted by atomic mass is 35.5. The lowest BCUT2D eigenvalue weighted by atomic mass is 10.1. The fraction of sp³-hybridized carbons (Fsp3) is 0.0909. The van der Waals surface area contributed by atoms with Gasteiger partial charge in [-0.05, 0) is 48.8 Å². The van der Waals surface area contributed by atoms with E-state index in [9.17, 15) is 4.79 Å². The van der Waals surface area contributed by atoms with E-state index in [0.717, 1.165) is 5.69 Å². The third kappa shape index (κ3) is 2.25. The van der Waals surface area contributed by atoms with Gasteiger partial charge in [0.1, 0.15) is 0 Å². The second-order valence-electron chi connectivity index (χ2n) is 3.17. The molecular weight excluding hydrogens is 230 g/mol. The third-order valence-corrected chi connectivity index (χ3v) is 3.09. The van der Waals surface area contributed by atoms with Crippen molar-refractivity contribution in [2.45, 2.75) is 6.92 Å². The number of aryl methyl sites for hydroxylation is 1. The average molecular weight is 238 g/mol. The van der Waals surface area contributed by atoms with E-state index in [0.29, 0.717) is 15.5 Å². The van der Waals surface area contributed by atoms with Crippen LogP contribution in [0.4, 0.5) is 0 Å². The van der Waals surface area contributed by atoms with Crippen molar-refractivity contribution < 1.29 is 4.79 Å². The number of rotatable bonds is 2. The number of benzene rings is 1. The summed E-state index contributed by atoms with van der Waals surface area (Å²) in [5.74, 6) is -0.00253. The van der Waals surface area contributed by atoms with Gasteiger partial charge in [-0.1, -0.05) is 11.6 Å². The van der Waals surface area contributed by atoms with E-state index >= 15 is 0 Å². The van der Waals surface area contributed by atoms with Gasteiger partial charge in [-0.25, -0.2) is 0 Å². The topological polar surface area (TPSA) is 30.0 Å². The summed E-state index contributed by atoms with van der Waals surface area (Å²) in [7, 11) is 0. The first kappa shape index (κ1) is 10.3. The molecule has 0 unspecified atom stereocenters. The maximum atomic E-state index is 11.9. The molecule has 2 aromatic rings. The first-order valence-electron chi connectivity index (χ1n) is 4.40. The van der Waals surface area contributed by atoms with E-state index in [-0.39, 0.29) is 5.78 Å². The molecule has 76 valence electrons. The number of halogens is 1. The second kappa shape index (κ2) is 4.13. The minimum absolute atomic E-state index is 0.00253. The lowest BCUT2D eigenvalue weighted by Crippen LogP contribution is -1.97. The van der Waals surface area contributed by atoms with Crippen LogP contribution in [0.1, 0.15) is 20.9 Å². The predicted octanol–water partition coefficient (Wildman–Crippen LogP) is 3.34. The van der Waals surface area contributed by atoms with Crippen molar-refractivity contribution in [3.63, 3.8) is 0 Å². The summed E-state index contributed by atoms with van der Waals surface area (Å²) in [6, 6.07) is 8.66. The first-order valence-corrected chi connectivity index (χ1v) is 5.55. The van der Waals surface area contributed by atoms with Crippen LogP contribution in [-0.4, -0.2) is 10.2 Å². The van der Waals surface area contributed by atoms with Gasteiger partial charge < -0.3 is 0 Å². The average Bonchev–Trinajstić information content (AvgIpc) is 2.65. The van der Waals surface area contributed by atoms with Crippen molar-refractivity contribution in [2.75, 3.05) is 0 Å². The van der Waals surface area contributed by atoms with Gasteiger partial charge in [-0.15, -0.1) is 0 Å². The summed E-state index contributed by atoms with van der Waals surface area (Å²) in [6.07, 6.45) is 0. The fourth-order valence-electron chi connectivity index (χ4n) is 1.21. The standard InChI is InChI=1S/C11H8ClNOS/c1-7-6-10(15-13-7)11(14)8-2-4-9(12)5-3-8/h2-6H,1H3. The molecule has 0 spiro atoms. The minimum atomic E-state index is -0.00253. The summed E-state index contributed by atoms with van der Waals surface area (Å²) in [4.78, 5) is 12.6. The highest BCUT2D eigenvalue weighted by Gasteiger charge is 2.11. The Hall–Kier alpha value is -1.19. The van der Waals surface area contributed by atoms with Crippen LogP contribution in [0.25, 0.3) is 0 Å². The normalized spacial score (nSPS) is 10.3. The van der Waals surface area contributed by atoms with Crippen molar-refractivity contribution in [1.29, 1.82) is 0 Å². The van der Waals surface area contributed by atoms with E-state index in [1.54, 1.807) is 30.3 Å². The highest BCUT2D eigenvalue weighted by molar-refractivity contribution is 7.08.